The normalized spacial score (nSPS) is 10.9. The van der Waals surface area contributed by atoms with Gasteiger partial charge in [-0.1, -0.05) is 26.0 Å². The third-order valence-corrected chi connectivity index (χ3v) is 3.55. The summed E-state index contributed by atoms with van der Waals surface area (Å²) in [6, 6.07) is 9.43. The van der Waals surface area contributed by atoms with Crippen molar-refractivity contribution < 1.29 is 0 Å². The van der Waals surface area contributed by atoms with Gasteiger partial charge in [-0.2, -0.15) is 0 Å². The van der Waals surface area contributed by atoms with Crippen LogP contribution in [-0.4, -0.2) is 25.7 Å². The third-order valence-electron chi connectivity index (χ3n) is 3.55. The summed E-state index contributed by atoms with van der Waals surface area (Å²) in [5.74, 6) is 0. The molecule has 0 saturated carbocycles. The van der Waals surface area contributed by atoms with E-state index in [9.17, 15) is 0 Å². The molecule has 0 aliphatic rings. The smallest absolute Gasteiger partial charge is 0.0369 e. The van der Waals surface area contributed by atoms with Gasteiger partial charge in [-0.05, 0) is 44.4 Å². The van der Waals surface area contributed by atoms with Crippen molar-refractivity contribution in [2.45, 2.75) is 46.6 Å². The van der Waals surface area contributed by atoms with Crippen LogP contribution in [0.15, 0.2) is 24.3 Å². The number of aryl methyl sites for hydroxylation is 1. The summed E-state index contributed by atoms with van der Waals surface area (Å²) < 4.78 is 0. The second kappa shape index (κ2) is 8.15. The van der Waals surface area contributed by atoms with Crippen LogP contribution in [0.5, 0.6) is 0 Å². The highest BCUT2D eigenvalue weighted by atomic mass is 15.1. The second-order valence-corrected chi connectivity index (χ2v) is 4.89. The standard InChI is InChI=1S/C16H28N2/c1-5-15(6-2)17-11-12-18(7-3)16-10-8-9-14(4)13-16/h8-10,13,15,17H,5-7,11-12H2,1-4H3. The SMILES string of the molecule is CCC(CC)NCCN(CC)c1cccc(C)c1. The molecule has 0 heterocycles. The van der Waals surface area contributed by atoms with Crippen molar-refractivity contribution >= 4 is 5.69 Å². The first-order valence-corrected chi connectivity index (χ1v) is 7.26. The van der Waals surface area contributed by atoms with Crippen molar-refractivity contribution in [3.05, 3.63) is 29.8 Å². The molecule has 0 saturated heterocycles. The Bertz CT molecular complexity index is 332. The number of nitrogens with zero attached hydrogens (tertiary/aromatic N) is 1. The number of hydrogen-bond donors (Lipinski definition) is 1. The van der Waals surface area contributed by atoms with Crippen LogP contribution in [0.4, 0.5) is 5.69 Å². The summed E-state index contributed by atoms with van der Waals surface area (Å²) >= 11 is 0. The van der Waals surface area contributed by atoms with E-state index in [1.54, 1.807) is 0 Å². The van der Waals surface area contributed by atoms with Crippen LogP contribution in [-0.2, 0) is 0 Å². The van der Waals surface area contributed by atoms with E-state index in [1.165, 1.54) is 24.1 Å². The molecule has 0 spiro atoms. The Morgan fingerprint density at radius 1 is 1.17 bits per heavy atom. The van der Waals surface area contributed by atoms with Crippen LogP contribution in [0.2, 0.25) is 0 Å². The molecular weight excluding hydrogens is 220 g/mol. The number of benzene rings is 1. The van der Waals surface area contributed by atoms with Gasteiger partial charge in [0.15, 0.2) is 0 Å². The molecule has 0 fully saturated rings. The molecule has 18 heavy (non-hydrogen) atoms. The first-order chi connectivity index (χ1) is 8.71. The number of anilines is 1. The molecule has 0 aliphatic carbocycles. The van der Waals surface area contributed by atoms with E-state index in [4.69, 9.17) is 0 Å². The van der Waals surface area contributed by atoms with E-state index < -0.39 is 0 Å². The Hall–Kier alpha value is -1.02. The van der Waals surface area contributed by atoms with Crippen molar-refractivity contribution in [2.75, 3.05) is 24.5 Å². The predicted octanol–water partition coefficient (Wildman–Crippen LogP) is 3.60. The molecule has 0 amide bonds. The fraction of sp³-hybridized carbons (Fsp3) is 0.625. The van der Waals surface area contributed by atoms with Gasteiger partial charge in [-0.15, -0.1) is 0 Å². The van der Waals surface area contributed by atoms with Gasteiger partial charge in [0.25, 0.3) is 0 Å². The van der Waals surface area contributed by atoms with Gasteiger partial charge >= 0.3 is 0 Å². The highest BCUT2D eigenvalue weighted by molar-refractivity contribution is 5.48. The molecule has 2 nitrogen and oxygen atoms in total. The maximum absolute atomic E-state index is 3.63. The van der Waals surface area contributed by atoms with Crippen LogP contribution >= 0.6 is 0 Å². The maximum atomic E-state index is 3.63. The summed E-state index contributed by atoms with van der Waals surface area (Å²) in [6.45, 7) is 12.1. The third kappa shape index (κ3) is 4.69. The number of likely N-dealkylation sites (N-methyl/N-ethyl adjacent to an activating group) is 1. The van der Waals surface area contributed by atoms with Crippen LogP contribution in [0, 0.1) is 6.92 Å². The van der Waals surface area contributed by atoms with Crippen LogP contribution in [0.1, 0.15) is 39.2 Å². The average molecular weight is 248 g/mol. The Morgan fingerprint density at radius 2 is 1.89 bits per heavy atom. The summed E-state index contributed by atoms with van der Waals surface area (Å²) in [5.41, 5.74) is 2.67. The Kier molecular flexibility index (Phi) is 6.81. The number of rotatable bonds is 8. The summed E-state index contributed by atoms with van der Waals surface area (Å²) in [7, 11) is 0. The van der Waals surface area contributed by atoms with E-state index >= 15 is 0 Å². The molecule has 1 rings (SSSR count). The van der Waals surface area contributed by atoms with E-state index in [0.717, 1.165) is 19.6 Å². The molecule has 1 N–H and O–H groups in total. The number of hydrogen-bond acceptors (Lipinski definition) is 2. The van der Waals surface area contributed by atoms with Crippen LogP contribution in [0.25, 0.3) is 0 Å². The molecule has 0 aromatic heterocycles. The van der Waals surface area contributed by atoms with Crippen molar-refractivity contribution in [2.24, 2.45) is 0 Å². The number of nitrogens with one attached hydrogen (secondary N) is 1. The zero-order valence-corrected chi connectivity index (χ0v) is 12.4. The topological polar surface area (TPSA) is 15.3 Å². The molecule has 0 atom stereocenters. The molecular formula is C16H28N2. The average Bonchev–Trinajstić information content (AvgIpc) is 2.39. The zero-order valence-electron chi connectivity index (χ0n) is 12.4. The van der Waals surface area contributed by atoms with E-state index in [0.29, 0.717) is 6.04 Å². The van der Waals surface area contributed by atoms with Gasteiger partial charge < -0.3 is 10.2 Å². The first kappa shape index (κ1) is 15.0. The van der Waals surface area contributed by atoms with Gasteiger partial charge in [0.2, 0.25) is 0 Å². The van der Waals surface area contributed by atoms with Crippen molar-refractivity contribution in [3.8, 4) is 0 Å². The van der Waals surface area contributed by atoms with Crippen LogP contribution in [0.3, 0.4) is 0 Å². The lowest BCUT2D eigenvalue weighted by Crippen LogP contribution is -2.36. The van der Waals surface area contributed by atoms with Crippen molar-refractivity contribution in [1.29, 1.82) is 0 Å². The minimum Gasteiger partial charge on any atom is -0.371 e. The van der Waals surface area contributed by atoms with Crippen molar-refractivity contribution in [3.63, 3.8) is 0 Å². The molecule has 2 heteroatoms. The second-order valence-electron chi connectivity index (χ2n) is 4.89. The molecule has 0 unspecified atom stereocenters. The highest BCUT2D eigenvalue weighted by Gasteiger charge is 2.06. The van der Waals surface area contributed by atoms with E-state index in [1.807, 2.05) is 0 Å². The van der Waals surface area contributed by atoms with Gasteiger partial charge in [0.05, 0.1) is 0 Å². The fourth-order valence-corrected chi connectivity index (χ4v) is 2.28. The highest BCUT2D eigenvalue weighted by Crippen LogP contribution is 2.15. The molecule has 1 aromatic carbocycles. The fourth-order valence-electron chi connectivity index (χ4n) is 2.28. The Morgan fingerprint density at radius 3 is 2.44 bits per heavy atom. The van der Waals surface area contributed by atoms with Gasteiger partial charge in [-0.25, -0.2) is 0 Å². The maximum Gasteiger partial charge on any atom is 0.0369 e. The molecule has 102 valence electrons. The Labute approximate surface area is 112 Å². The van der Waals surface area contributed by atoms with Gasteiger partial charge in [0.1, 0.15) is 0 Å². The Balaban J connectivity index is 2.47. The minimum atomic E-state index is 0.668. The summed E-state index contributed by atoms with van der Waals surface area (Å²) in [6.07, 6.45) is 2.43. The molecule has 0 aliphatic heterocycles. The lowest BCUT2D eigenvalue weighted by Gasteiger charge is -2.25. The van der Waals surface area contributed by atoms with Gasteiger partial charge in [-0.3, -0.25) is 0 Å². The summed E-state index contributed by atoms with van der Waals surface area (Å²) in [5, 5.41) is 3.63. The van der Waals surface area contributed by atoms with Crippen LogP contribution < -0.4 is 10.2 Å². The lowest BCUT2D eigenvalue weighted by molar-refractivity contribution is 0.487. The quantitative estimate of drug-likeness (QED) is 0.756. The minimum absolute atomic E-state index is 0.668. The molecule has 0 radical (unpaired) electrons. The van der Waals surface area contributed by atoms with E-state index in [-0.39, 0.29) is 0 Å². The predicted molar refractivity (Wildman–Crippen MR) is 81.4 cm³/mol. The molecule has 0 bridgehead atoms. The summed E-state index contributed by atoms with van der Waals surface area (Å²) in [4.78, 5) is 2.43. The largest absolute Gasteiger partial charge is 0.371 e. The molecule has 1 aromatic rings. The first-order valence-electron chi connectivity index (χ1n) is 7.26. The van der Waals surface area contributed by atoms with E-state index in [2.05, 4.69) is 62.2 Å². The van der Waals surface area contributed by atoms with Crippen molar-refractivity contribution in [1.82, 2.24) is 5.32 Å². The van der Waals surface area contributed by atoms with Gasteiger partial charge in [0, 0.05) is 31.4 Å². The monoisotopic (exact) mass is 248 g/mol. The zero-order chi connectivity index (χ0) is 13.4. The lowest BCUT2D eigenvalue weighted by atomic mass is 10.2.